The zero-order valence-electron chi connectivity index (χ0n) is 14.6. The number of fused-ring (bicyclic) bond motifs is 1. The van der Waals surface area contributed by atoms with Gasteiger partial charge in [0.25, 0.3) is 0 Å². The maximum absolute atomic E-state index is 12.8. The van der Waals surface area contributed by atoms with Crippen molar-refractivity contribution in [3.05, 3.63) is 77.5 Å². The smallest absolute Gasteiger partial charge is 0.364 e. The van der Waals surface area contributed by atoms with Gasteiger partial charge in [0.2, 0.25) is 0 Å². The Hall–Kier alpha value is -1.91. The monoisotopic (exact) mass is 359 g/mol. The molecule has 1 atom stereocenters. The highest BCUT2D eigenvalue weighted by Gasteiger charge is 2.36. The van der Waals surface area contributed by atoms with Gasteiger partial charge in [-0.1, -0.05) is 54.6 Å². The third-order valence-electron chi connectivity index (χ3n) is 4.26. The minimum Gasteiger partial charge on any atom is -0.478 e. The van der Waals surface area contributed by atoms with Crippen molar-refractivity contribution in [1.29, 1.82) is 0 Å². The van der Waals surface area contributed by atoms with Gasteiger partial charge in [-0.2, -0.15) is 0 Å². The van der Waals surface area contributed by atoms with Gasteiger partial charge in [0.1, 0.15) is 11.6 Å². The van der Waals surface area contributed by atoms with Crippen LogP contribution >= 0.6 is 7.60 Å². The largest absolute Gasteiger partial charge is 0.478 e. The lowest BCUT2D eigenvalue weighted by atomic mass is 10.0. The standard InChI is InChI=1S/C19H22NO4P/c1-20(13-15-9-5-4-6-10-15)19-17-12-8-7-11-16(17)18(14-24-19)25(21,22-2)23-3/h4-12,14,19H,13H2,1-3H3. The minimum atomic E-state index is -3.39. The number of hydrogen-bond acceptors (Lipinski definition) is 5. The van der Waals surface area contributed by atoms with Gasteiger partial charge in [0.05, 0.1) is 0 Å². The molecule has 0 spiro atoms. The first kappa shape index (κ1) is 17.9. The van der Waals surface area contributed by atoms with Crippen molar-refractivity contribution >= 4 is 12.9 Å². The highest BCUT2D eigenvalue weighted by molar-refractivity contribution is 7.65. The van der Waals surface area contributed by atoms with Gasteiger partial charge in [-0.15, -0.1) is 0 Å². The second kappa shape index (κ2) is 7.54. The molecule has 6 heteroatoms. The van der Waals surface area contributed by atoms with Gasteiger partial charge in [0.15, 0.2) is 6.23 Å². The molecule has 1 unspecified atom stereocenters. The molecule has 2 aromatic rings. The molecule has 0 fully saturated rings. The molecule has 5 nitrogen and oxygen atoms in total. The van der Waals surface area contributed by atoms with Crippen LogP contribution in [0.3, 0.4) is 0 Å². The van der Waals surface area contributed by atoms with Crippen LogP contribution in [-0.4, -0.2) is 26.2 Å². The van der Waals surface area contributed by atoms with E-state index >= 15 is 0 Å². The Morgan fingerprint density at radius 1 is 1.04 bits per heavy atom. The maximum Gasteiger partial charge on any atom is 0.364 e. The fourth-order valence-corrected chi connectivity index (χ4v) is 4.22. The van der Waals surface area contributed by atoms with E-state index in [0.717, 1.165) is 17.7 Å². The predicted molar refractivity (Wildman–Crippen MR) is 97.8 cm³/mol. The molecule has 3 rings (SSSR count). The summed E-state index contributed by atoms with van der Waals surface area (Å²) in [5.74, 6) is 0. The molecule has 25 heavy (non-hydrogen) atoms. The van der Waals surface area contributed by atoms with Crippen molar-refractivity contribution < 1.29 is 18.3 Å². The molecule has 1 heterocycles. The zero-order valence-corrected chi connectivity index (χ0v) is 15.5. The van der Waals surface area contributed by atoms with Crippen molar-refractivity contribution in [2.75, 3.05) is 21.3 Å². The fourth-order valence-electron chi connectivity index (χ4n) is 2.99. The second-order valence-corrected chi connectivity index (χ2v) is 8.05. The third-order valence-corrected chi connectivity index (χ3v) is 6.16. The van der Waals surface area contributed by atoms with Crippen LogP contribution in [0.5, 0.6) is 0 Å². The topological polar surface area (TPSA) is 48.0 Å². The lowest BCUT2D eigenvalue weighted by Gasteiger charge is -2.33. The Labute approximate surface area is 148 Å². The van der Waals surface area contributed by atoms with E-state index in [9.17, 15) is 4.57 Å². The molecule has 0 aromatic heterocycles. The third kappa shape index (κ3) is 3.55. The van der Waals surface area contributed by atoms with Gasteiger partial charge in [0, 0.05) is 31.9 Å². The van der Waals surface area contributed by atoms with Gasteiger partial charge in [-0.05, 0) is 12.6 Å². The Balaban J connectivity index is 1.93. The molecular formula is C19H22NO4P. The summed E-state index contributed by atoms with van der Waals surface area (Å²) in [5, 5.41) is 0.442. The summed E-state index contributed by atoms with van der Waals surface area (Å²) in [6.45, 7) is 0.731. The summed E-state index contributed by atoms with van der Waals surface area (Å²) in [6.07, 6.45) is 1.23. The number of hydrogen-bond donors (Lipinski definition) is 0. The van der Waals surface area contributed by atoms with Gasteiger partial charge < -0.3 is 13.8 Å². The summed E-state index contributed by atoms with van der Waals surface area (Å²) < 4.78 is 29.1. The molecule has 1 aliphatic rings. The average molecular weight is 359 g/mol. The van der Waals surface area contributed by atoms with Crippen LogP contribution in [0.25, 0.3) is 5.31 Å². The van der Waals surface area contributed by atoms with E-state index in [4.69, 9.17) is 13.8 Å². The van der Waals surface area contributed by atoms with Crippen LogP contribution < -0.4 is 0 Å². The van der Waals surface area contributed by atoms with E-state index in [1.807, 2.05) is 49.5 Å². The highest BCUT2D eigenvalue weighted by Crippen LogP contribution is 2.61. The Bertz CT molecular complexity index is 798. The SMILES string of the molecule is COP(=O)(OC)C1=COC(N(C)Cc2ccccc2)c2ccccc21. The zero-order chi connectivity index (χ0) is 17.9. The van der Waals surface area contributed by atoms with Crippen molar-refractivity contribution in [1.82, 2.24) is 4.90 Å². The van der Waals surface area contributed by atoms with Crippen LogP contribution in [0.2, 0.25) is 0 Å². The average Bonchev–Trinajstić information content (AvgIpc) is 2.67. The Morgan fingerprint density at radius 3 is 2.36 bits per heavy atom. The van der Waals surface area contributed by atoms with E-state index in [2.05, 4.69) is 17.0 Å². The van der Waals surface area contributed by atoms with Crippen molar-refractivity contribution in [2.24, 2.45) is 0 Å². The van der Waals surface area contributed by atoms with Crippen LogP contribution in [-0.2, 0) is 24.9 Å². The number of benzene rings is 2. The van der Waals surface area contributed by atoms with Crippen molar-refractivity contribution in [3.63, 3.8) is 0 Å². The summed E-state index contributed by atoms with van der Waals surface area (Å²) >= 11 is 0. The molecule has 1 aliphatic heterocycles. The lowest BCUT2D eigenvalue weighted by molar-refractivity contribution is -0.00114. The Kier molecular flexibility index (Phi) is 5.40. The molecule has 0 saturated heterocycles. The van der Waals surface area contributed by atoms with Crippen LogP contribution in [0.15, 0.2) is 60.9 Å². The van der Waals surface area contributed by atoms with Crippen LogP contribution in [0.1, 0.15) is 22.9 Å². The van der Waals surface area contributed by atoms with Crippen LogP contribution in [0, 0.1) is 0 Å². The van der Waals surface area contributed by atoms with Crippen molar-refractivity contribution in [3.8, 4) is 0 Å². The quantitative estimate of drug-likeness (QED) is 0.704. The van der Waals surface area contributed by atoms with Gasteiger partial charge in [-0.3, -0.25) is 9.46 Å². The summed E-state index contributed by atoms with van der Waals surface area (Å²) in [7, 11) is 1.36. The molecule has 0 amide bonds. The molecule has 0 aliphatic carbocycles. The van der Waals surface area contributed by atoms with E-state index in [0.29, 0.717) is 5.31 Å². The first-order valence-electron chi connectivity index (χ1n) is 8.00. The summed E-state index contributed by atoms with van der Waals surface area (Å²) in [4.78, 5) is 2.10. The molecular weight excluding hydrogens is 337 g/mol. The van der Waals surface area contributed by atoms with Gasteiger partial charge >= 0.3 is 7.60 Å². The number of nitrogens with zero attached hydrogens (tertiary/aromatic N) is 1. The number of ether oxygens (including phenoxy) is 1. The molecule has 0 saturated carbocycles. The molecule has 0 bridgehead atoms. The van der Waals surface area contributed by atoms with Gasteiger partial charge in [-0.25, -0.2) is 0 Å². The van der Waals surface area contributed by atoms with Crippen molar-refractivity contribution in [2.45, 2.75) is 12.8 Å². The second-order valence-electron chi connectivity index (χ2n) is 5.84. The summed E-state index contributed by atoms with van der Waals surface area (Å²) in [5.41, 5.74) is 2.96. The Morgan fingerprint density at radius 2 is 1.68 bits per heavy atom. The summed E-state index contributed by atoms with van der Waals surface area (Å²) in [6, 6.07) is 17.9. The normalized spacial score (nSPS) is 17.0. The molecule has 2 aromatic carbocycles. The fraction of sp³-hybridized carbons (Fsp3) is 0.263. The van der Waals surface area contributed by atoms with Crippen LogP contribution in [0.4, 0.5) is 0 Å². The lowest BCUT2D eigenvalue weighted by Crippen LogP contribution is -2.28. The van der Waals surface area contributed by atoms with E-state index in [1.165, 1.54) is 26.0 Å². The molecule has 0 N–H and O–H groups in total. The van der Waals surface area contributed by atoms with E-state index < -0.39 is 7.60 Å². The van der Waals surface area contributed by atoms with E-state index in [-0.39, 0.29) is 6.23 Å². The first-order valence-corrected chi connectivity index (χ1v) is 9.54. The first-order chi connectivity index (χ1) is 12.1. The number of rotatable bonds is 6. The maximum atomic E-state index is 12.8. The molecule has 0 radical (unpaired) electrons. The highest BCUT2D eigenvalue weighted by atomic mass is 31.2. The minimum absolute atomic E-state index is 0.276. The van der Waals surface area contributed by atoms with E-state index in [1.54, 1.807) is 0 Å². The predicted octanol–water partition coefficient (Wildman–Crippen LogP) is 4.63. The molecule has 132 valence electrons.